The molecule has 0 aliphatic heterocycles. The summed E-state index contributed by atoms with van der Waals surface area (Å²) in [5, 5.41) is 8.00. The smallest absolute Gasteiger partial charge is 0.328 e. The fraction of sp³-hybridized carbons (Fsp3) is 0. The molecule has 0 bridgehead atoms. The third-order valence-corrected chi connectivity index (χ3v) is 0.728. The molecule has 44 valence electrons. The molecule has 0 amide bonds. The summed E-state index contributed by atoms with van der Waals surface area (Å²) in [6, 6.07) is 0. The molecule has 0 saturated heterocycles. The Balaban J connectivity index is 3.50. The van der Waals surface area contributed by atoms with Crippen LogP contribution in [0.2, 0.25) is 0 Å². The SMILES string of the molecule is O=C(O)/C=C/C=C/Br. The van der Waals surface area contributed by atoms with E-state index in [0.29, 0.717) is 0 Å². The summed E-state index contributed by atoms with van der Waals surface area (Å²) in [6.45, 7) is 0. The van der Waals surface area contributed by atoms with Gasteiger partial charge in [0.15, 0.2) is 0 Å². The van der Waals surface area contributed by atoms with Crippen LogP contribution in [-0.4, -0.2) is 11.1 Å². The van der Waals surface area contributed by atoms with E-state index in [2.05, 4.69) is 15.9 Å². The van der Waals surface area contributed by atoms with Crippen LogP contribution >= 0.6 is 15.9 Å². The summed E-state index contributed by atoms with van der Waals surface area (Å²) in [5.74, 6) is -0.935. The van der Waals surface area contributed by atoms with E-state index in [0.717, 1.165) is 6.08 Å². The molecule has 0 spiro atoms. The summed E-state index contributed by atoms with van der Waals surface area (Å²) in [5.41, 5.74) is 0. The fourth-order valence-electron chi connectivity index (χ4n) is 0.180. The minimum absolute atomic E-state index is 0.935. The van der Waals surface area contributed by atoms with E-state index in [1.807, 2.05) is 0 Å². The first-order valence-corrected chi connectivity index (χ1v) is 2.85. The lowest BCUT2D eigenvalue weighted by Crippen LogP contribution is -1.83. The Morgan fingerprint density at radius 2 is 2.12 bits per heavy atom. The van der Waals surface area contributed by atoms with Gasteiger partial charge in [-0.15, -0.1) is 0 Å². The van der Waals surface area contributed by atoms with Crippen LogP contribution in [0.15, 0.2) is 23.2 Å². The molecule has 0 aromatic heterocycles. The third-order valence-electron chi connectivity index (χ3n) is 0.423. The second-order valence-electron chi connectivity index (χ2n) is 1.02. The quantitative estimate of drug-likeness (QED) is 0.513. The number of halogens is 1. The predicted molar refractivity (Wildman–Crippen MR) is 34.8 cm³/mol. The molecule has 3 heteroatoms. The average Bonchev–Trinajstić information content (AvgIpc) is 1.66. The van der Waals surface area contributed by atoms with Gasteiger partial charge in [0, 0.05) is 6.08 Å². The molecule has 0 saturated carbocycles. The minimum Gasteiger partial charge on any atom is -0.478 e. The Bertz CT molecular complexity index is 126. The van der Waals surface area contributed by atoms with Gasteiger partial charge in [-0.1, -0.05) is 28.1 Å². The van der Waals surface area contributed by atoms with Gasteiger partial charge in [0.1, 0.15) is 0 Å². The summed E-state index contributed by atoms with van der Waals surface area (Å²) >= 11 is 2.97. The molecule has 0 heterocycles. The summed E-state index contributed by atoms with van der Waals surface area (Å²) < 4.78 is 0. The van der Waals surface area contributed by atoms with Gasteiger partial charge in [0.2, 0.25) is 0 Å². The molecule has 0 aliphatic rings. The highest BCUT2D eigenvalue weighted by molar-refractivity contribution is 9.11. The lowest BCUT2D eigenvalue weighted by molar-refractivity contribution is -0.131. The first-order valence-electron chi connectivity index (χ1n) is 1.93. The molecule has 8 heavy (non-hydrogen) atoms. The van der Waals surface area contributed by atoms with Crippen LogP contribution in [0.25, 0.3) is 0 Å². The predicted octanol–water partition coefficient (Wildman–Crippen LogP) is 1.54. The van der Waals surface area contributed by atoms with Gasteiger partial charge in [-0.25, -0.2) is 4.79 Å². The number of allylic oxidation sites excluding steroid dienone is 2. The maximum atomic E-state index is 9.74. The average molecular weight is 177 g/mol. The third kappa shape index (κ3) is 5.43. The van der Waals surface area contributed by atoms with Crippen molar-refractivity contribution < 1.29 is 9.90 Å². The maximum Gasteiger partial charge on any atom is 0.328 e. The largest absolute Gasteiger partial charge is 0.478 e. The van der Waals surface area contributed by atoms with Gasteiger partial charge in [0.05, 0.1) is 0 Å². The Morgan fingerprint density at radius 3 is 2.50 bits per heavy atom. The van der Waals surface area contributed by atoms with Crippen LogP contribution in [0.3, 0.4) is 0 Å². The Hall–Kier alpha value is -0.570. The van der Waals surface area contributed by atoms with E-state index in [9.17, 15) is 4.79 Å². The van der Waals surface area contributed by atoms with Crippen molar-refractivity contribution in [3.8, 4) is 0 Å². The van der Waals surface area contributed by atoms with Gasteiger partial charge in [-0.3, -0.25) is 0 Å². The summed E-state index contributed by atoms with van der Waals surface area (Å²) in [6.07, 6.45) is 4.06. The molecule has 0 unspecified atom stereocenters. The number of carboxylic acids is 1. The van der Waals surface area contributed by atoms with Crippen molar-refractivity contribution in [2.45, 2.75) is 0 Å². The molecule has 0 aliphatic carbocycles. The van der Waals surface area contributed by atoms with Crippen LogP contribution in [0.4, 0.5) is 0 Å². The molecule has 0 fully saturated rings. The topological polar surface area (TPSA) is 37.3 Å². The van der Waals surface area contributed by atoms with Gasteiger partial charge >= 0.3 is 5.97 Å². The van der Waals surface area contributed by atoms with Crippen molar-refractivity contribution in [1.29, 1.82) is 0 Å². The van der Waals surface area contributed by atoms with Crippen molar-refractivity contribution in [3.63, 3.8) is 0 Å². The van der Waals surface area contributed by atoms with Crippen molar-refractivity contribution in [2.75, 3.05) is 0 Å². The van der Waals surface area contributed by atoms with Crippen LogP contribution in [-0.2, 0) is 4.79 Å². The molecule has 2 nitrogen and oxygen atoms in total. The second kappa shape index (κ2) is 4.59. The number of carboxylic acid groups (broad SMARTS) is 1. The number of hydrogen-bond acceptors (Lipinski definition) is 1. The highest BCUT2D eigenvalue weighted by Gasteiger charge is 1.78. The molecular weight excluding hydrogens is 172 g/mol. The monoisotopic (exact) mass is 176 g/mol. The molecule has 0 aromatic rings. The zero-order valence-electron chi connectivity index (χ0n) is 4.04. The first kappa shape index (κ1) is 7.43. The lowest BCUT2D eigenvalue weighted by Gasteiger charge is -1.71. The second-order valence-corrected chi connectivity index (χ2v) is 1.54. The van der Waals surface area contributed by atoms with Crippen molar-refractivity contribution >= 4 is 21.9 Å². The van der Waals surface area contributed by atoms with E-state index >= 15 is 0 Å². The summed E-state index contributed by atoms with van der Waals surface area (Å²) in [7, 11) is 0. The van der Waals surface area contributed by atoms with Gasteiger partial charge in [-0.05, 0) is 4.99 Å². The normalized spacial score (nSPS) is 11.1. The van der Waals surface area contributed by atoms with Gasteiger partial charge in [0.25, 0.3) is 0 Å². The standard InChI is InChI=1S/C5H5BrO2/c6-4-2-1-3-5(7)8/h1-4H,(H,7,8)/b3-1+,4-2+. The van der Waals surface area contributed by atoms with Crippen LogP contribution in [0.1, 0.15) is 0 Å². The lowest BCUT2D eigenvalue weighted by atomic mass is 10.5. The van der Waals surface area contributed by atoms with Crippen LogP contribution in [0.5, 0.6) is 0 Å². The zero-order chi connectivity index (χ0) is 6.41. The minimum atomic E-state index is -0.935. The molecular formula is C5H5BrO2. The Morgan fingerprint density at radius 1 is 1.50 bits per heavy atom. The maximum absolute atomic E-state index is 9.74. The van der Waals surface area contributed by atoms with E-state index in [-0.39, 0.29) is 0 Å². The molecule has 0 radical (unpaired) electrons. The van der Waals surface area contributed by atoms with Gasteiger partial charge < -0.3 is 5.11 Å². The Labute approximate surface area is 55.6 Å². The van der Waals surface area contributed by atoms with E-state index in [1.165, 1.54) is 6.08 Å². The fourth-order valence-corrected chi connectivity index (χ4v) is 0.356. The van der Waals surface area contributed by atoms with Gasteiger partial charge in [-0.2, -0.15) is 0 Å². The first-order chi connectivity index (χ1) is 3.77. The number of aliphatic carboxylic acids is 1. The highest BCUT2D eigenvalue weighted by Crippen LogP contribution is 1.82. The zero-order valence-corrected chi connectivity index (χ0v) is 5.63. The summed E-state index contributed by atoms with van der Waals surface area (Å²) in [4.78, 5) is 11.3. The highest BCUT2D eigenvalue weighted by atomic mass is 79.9. The van der Waals surface area contributed by atoms with E-state index < -0.39 is 5.97 Å². The molecule has 0 rings (SSSR count). The number of rotatable bonds is 2. The van der Waals surface area contributed by atoms with Crippen molar-refractivity contribution in [3.05, 3.63) is 23.2 Å². The molecule has 0 atom stereocenters. The van der Waals surface area contributed by atoms with Crippen LogP contribution < -0.4 is 0 Å². The Kier molecular flexibility index (Phi) is 4.26. The van der Waals surface area contributed by atoms with E-state index in [4.69, 9.17) is 5.11 Å². The number of carbonyl (C=O) groups is 1. The number of hydrogen-bond donors (Lipinski definition) is 1. The van der Waals surface area contributed by atoms with Crippen LogP contribution in [0, 0.1) is 0 Å². The van der Waals surface area contributed by atoms with Crippen molar-refractivity contribution in [1.82, 2.24) is 0 Å². The molecule has 1 N–H and O–H groups in total. The van der Waals surface area contributed by atoms with E-state index in [1.54, 1.807) is 11.1 Å². The molecule has 0 aromatic carbocycles. The van der Waals surface area contributed by atoms with Crippen molar-refractivity contribution in [2.24, 2.45) is 0 Å².